The zero-order chi connectivity index (χ0) is 16.2. The molecule has 0 atom stereocenters. The lowest BCUT2D eigenvalue weighted by molar-refractivity contribution is 0.0728. The molecule has 1 saturated heterocycles. The molecule has 0 saturated carbocycles. The number of esters is 1. The van der Waals surface area contributed by atoms with E-state index in [-0.39, 0.29) is 0 Å². The summed E-state index contributed by atoms with van der Waals surface area (Å²) in [6, 6.07) is 13.0. The molecule has 23 heavy (non-hydrogen) atoms. The van der Waals surface area contributed by atoms with E-state index in [1.54, 1.807) is 19.2 Å². The van der Waals surface area contributed by atoms with Crippen molar-refractivity contribution in [2.45, 2.75) is 4.58 Å². The van der Waals surface area contributed by atoms with E-state index < -0.39 is 5.97 Å². The molecule has 2 aromatic rings. The minimum absolute atomic E-state index is 0.409. The van der Waals surface area contributed by atoms with Gasteiger partial charge in [-0.1, -0.05) is 18.2 Å². The second kappa shape index (κ2) is 7.64. The third-order valence-electron chi connectivity index (χ3n) is 3.38. The number of hydrogen-bond acceptors (Lipinski definition) is 5. The average molecular weight is 411 g/mol. The van der Waals surface area contributed by atoms with Crippen LogP contribution >= 0.6 is 39.5 Å². The Morgan fingerprint density at radius 3 is 2.57 bits per heavy atom. The molecule has 0 radical (unpaired) electrons. The van der Waals surface area contributed by atoms with Gasteiger partial charge in [0.15, 0.2) is 11.5 Å². The molecule has 0 bridgehead atoms. The molecule has 6 heteroatoms. The summed E-state index contributed by atoms with van der Waals surface area (Å²) in [6.07, 6.45) is 0. The number of rotatable bonds is 4. The van der Waals surface area contributed by atoms with Crippen LogP contribution in [0.4, 0.5) is 0 Å². The number of thioether (sulfide) groups is 2. The maximum atomic E-state index is 12.3. The van der Waals surface area contributed by atoms with Crippen LogP contribution in [0.2, 0.25) is 0 Å². The van der Waals surface area contributed by atoms with Crippen LogP contribution in [0.1, 0.15) is 20.5 Å². The van der Waals surface area contributed by atoms with E-state index in [0.717, 1.165) is 11.5 Å². The quantitative estimate of drug-likeness (QED) is 0.513. The molecule has 1 aliphatic heterocycles. The van der Waals surface area contributed by atoms with Gasteiger partial charge >= 0.3 is 5.97 Å². The first-order valence-corrected chi connectivity index (χ1v) is 9.96. The maximum Gasteiger partial charge on any atom is 0.344 e. The first kappa shape index (κ1) is 16.7. The first-order valence-electron chi connectivity index (χ1n) is 7.07. The Morgan fingerprint density at radius 1 is 1.13 bits per heavy atom. The Kier molecular flexibility index (Phi) is 5.56. The number of benzene rings is 2. The average Bonchev–Trinajstić information content (AvgIpc) is 3.10. The van der Waals surface area contributed by atoms with Crippen LogP contribution in [-0.4, -0.2) is 24.6 Å². The third kappa shape index (κ3) is 3.87. The van der Waals surface area contributed by atoms with Crippen molar-refractivity contribution in [2.24, 2.45) is 0 Å². The smallest absolute Gasteiger partial charge is 0.344 e. The molecule has 120 valence electrons. The van der Waals surface area contributed by atoms with Crippen LogP contribution in [-0.2, 0) is 0 Å². The summed E-state index contributed by atoms with van der Waals surface area (Å²) in [7, 11) is 1.59. The van der Waals surface area contributed by atoms with Gasteiger partial charge in [0.1, 0.15) is 0 Å². The molecule has 0 N–H and O–H groups in total. The monoisotopic (exact) mass is 410 g/mol. The number of ether oxygens (including phenoxy) is 2. The topological polar surface area (TPSA) is 35.5 Å². The summed E-state index contributed by atoms with van der Waals surface area (Å²) >= 11 is 7.22. The van der Waals surface area contributed by atoms with Crippen LogP contribution in [0.3, 0.4) is 0 Å². The summed E-state index contributed by atoms with van der Waals surface area (Å²) in [4.78, 5) is 12.3. The van der Waals surface area contributed by atoms with Crippen molar-refractivity contribution in [2.75, 3.05) is 18.6 Å². The normalized spacial score (nSPS) is 14.7. The SMILES string of the molecule is COc1cc(C2SCCS2)ccc1OC(=O)c1ccccc1Br. The maximum absolute atomic E-state index is 12.3. The van der Waals surface area contributed by atoms with E-state index in [2.05, 4.69) is 15.9 Å². The number of methoxy groups -OCH3 is 1. The van der Waals surface area contributed by atoms with Gasteiger partial charge in [-0.15, -0.1) is 23.5 Å². The van der Waals surface area contributed by atoms with Crippen molar-refractivity contribution in [3.8, 4) is 11.5 Å². The molecule has 3 rings (SSSR count). The van der Waals surface area contributed by atoms with Gasteiger partial charge in [0, 0.05) is 16.0 Å². The summed E-state index contributed by atoms with van der Waals surface area (Å²) in [5.41, 5.74) is 1.68. The fourth-order valence-corrected chi connectivity index (χ4v) is 5.53. The van der Waals surface area contributed by atoms with Crippen molar-refractivity contribution in [1.82, 2.24) is 0 Å². The Morgan fingerprint density at radius 2 is 1.87 bits per heavy atom. The van der Waals surface area contributed by atoms with Crippen molar-refractivity contribution in [3.63, 3.8) is 0 Å². The zero-order valence-corrected chi connectivity index (χ0v) is 15.7. The summed E-state index contributed by atoms with van der Waals surface area (Å²) in [5, 5.41) is 0. The Labute approximate surface area is 152 Å². The first-order chi connectivity index (χ1) is 11.2. The van der Waals surface area contributed by atoms with E-state index in [4.69, 9.17) is 9.47 Å². The van der Waals surface area contributed by atoms with Gasteiger partial charge < -0.3 is 9.47 Å². The molecule has 0 aliphatic carbocycles. The van der Waals surface area contributed by atoms with Crippen LogP contribution in [0.15, 0.2) is 46.9 Å². The van der Waals surface area contributed by atoms with Gasteiger partial charge in [-0.25, -0.2) is 4.79 Å². The van der Waals surface area contributed by atoms with E-state index in [1.165, 1.54) is 5.56 Å². The van der Waals surface area contributed by atoms with E-state index in [9.17, 15) is 4.79 Å². The molecule has 0 aromatic heterocycles. The van der Waals surface area contributed by atoms with Crippen LogP contribution in [0.5, 0.6) is 11.5 Å². The van der Waals surface area contributed by atoms with Gasteiger partial charge in [0.05, 0.1) is 17.3 Å². The van der Waals surface area contributed by atoms with Crippen molar-refractivity contribution < 1.29 is 14.3 Å². The predicted molar refractivity (Wildman–Crippen MR) is 99.8 cm³/mol. The van der Waals surface area contributed by atoms with Gasteiger partial charge in [0.25, 0.3) is 0 Å². The molecular weight excluding hydrogens is 396 g/mol. The number of carbonyl (C=O) groups excluding carboxylic acids is 1. The lowest BCUT2D eigenvalue weighted by atomic mass is 10.2. The Balaban J connectivity index is 1.82. The molecule has 1 fully saturated rings. The molecule has 0 unspecified atom stereocenters. The molecule has 2 aromatic carbocycles. The number of hydrogen-bond donors (Lipinski definition) is 0. The molecule has 0 spiro atoms. The van der Waals surface area contributed by atoms with Gasteiger partial charge in [-0.3, -0.25) is 0 Å². The fourth-order valence-electron chi connectivity index (χ4n) is 2.25. The zero-order valence-electron chi connectivity index (χ0n) is 12.5. The summed E-state index contributed by atoms with van der Waals surface area (Å²) < 4.78 is 12.1. The van der Waals surface area contributed by atoms with Crippen molar-refractivity contribution in [3.05, 3.63) is 58.1 Å². The van der Waals surface area contributed by atoms with E-state index in [1.807, 2.05) is 53.9 Å². The standard InChI is InChI=1S/C17H15BrO3S2/c1-20-15-10-11(17-22-8-9-23-17)6-7-14(15)21-16(19)12-4-2-3-5-13(12)18/h2-7,10,17H,8-9H2,1H3. The summed E-state index contributed by atoms with van der Waals surface area (Å²) in [5.74, 6) is 2.93. The molecule has 0 amide bonds. The lowest BCUT2D eigenvalue weighted by Gasteiger charge is -2.14. The van der Waals surface area contributed by atoms with Crippen molar-refractivity contribution >= 4 is 45.4 Å². The molecular formula is C17H15BrO3S2. The van der Waals surface area contributed by atoms with Gasteiger partial charge in [0.2, 0.25) is 0 Å². The number of halogens is 1. The van der Waals surface area contributed by atoms with Crippen LogP contribution in [0, 0.1) is 0 Å². The molecule has 3 nitrogen and oxygen atoms in total. The van der Waals surface area contributed by atoms with Gasteiger partial charge in [-0.05, 0) is 45.8 Å². The largest absolute Gasteiger partial charge is 0.493 e. The minimum atomic E-state index is -0.409. The molecule has 1 heterocycles. The second-order valence-corrected chi connectivity index (χ2v) is 8.43. The predicted octanol–water partition coefficient (Wildman–Crippen LogP) is 5.16. The second-order valence-electron chi connectivity index (χ2n) is 4.85. The highest BCUT2D eigenvalue weighted by atomic mass is 79.9. The minimum Gasteiger partial charge on any atom is -0.493 e. The van der Waals surface area contributed by atoms with Crippen LogP contribution in [0.25, 0.3) is 0 Å². The fraction of sp³-hybridized carbons (Fsp3) is 0.235. The Bertz CT molecular complexity index is 715. The highest BCUT2D eigenvalue weighted by Crippen LogP contribution is 2.47. The van der Waals surface area contributed by atoms with E-state index in [0.29, 0.717) is 26.1 Å². The van der Waals surface area contributed by atoms with Crippen molar-refractivity contribution in [1.29, 1.82) is 0 Å². The molecule has 1 aliphatic rings. The van der Waals surface area contributed by atoms with Gasteiger partial charge in [-0.2, -0.15) is 0 Å². The Hall–Kier alpha value is -1.11. The number of carbonyl (C=O) groups is 1. The highest BCUT2D eigenvalue weighted by Gasteiger charge is 2.21. The van der Waals surface area contributed by atoms with E-state index >= 15 is 0 Å². The van der Waals surface area contributed by atoms with Crippen LogP contribution < -0.4 is 9.47 Å². The summed E-state index contributed by atoms with van der Waals surface area (Å²) in [6.45, 7) is 0. The highest BCUT2D eigenvalue weighted by molar-refractivity contribution is 9.10. The third-order valence-corrected chi connectivity index (χ3v) is 7.17. The lowest BCUT2D eigenvalue weighted by Crippen LogP contribution is -2.10.